The van der Waals surface area contributed by atoms with E-state index in [4.69, 9.17) is 10.5 Å². The van der Waals surface area contributed by atoms with Crippen molar-refractivity contribution in [3.8, 4) is 0 Å². The van der Waals surface area contributed by atoms with Gasteiger partial charge in [0.15, 0.2) is 0 Å². The molecular weight excluding hydrogens is 338 g/mol. The SMILES string of the molecule is COC(=O)CC1(CC(N)c2cc(C)c(Br)s2)CCCC1. The third-order valence-electron chi connectivity index (χ3n) is 4.31. The second-order valence-electron chi connectivity index (χ2n) is 5.88. The molecular formula is C15H22BrNO2S. The van der Waals surface area contributed by atoms with E-state index in [2.05, 4.69) is 28.9 Å². The molecule has 2 rings (SSSR count). The Hall–Kier alpha value is -0.390. The number of hydrogen-bond donors (Lipinski definition) is 1. The summed E-state index contributed by atoms with van der Waals surface area (Å²) in [5.74, 6) is -0.109. The summed E-state index contributed by atoms with van der Waals surface area (Å²) in [5, 5.41) is 0. The van der Waals surface area contributed by atoms with Crippen LogP contribution in [0.2, 0.25) is 0 Å². The van der Waals surface area contributed by atoms with E-state index in [-0.39, 0.29) is 17.4 Å². The molecule has 1 fully saturated rings. The van der Waals surface area contributed by atoms with Gasteiger partial charge in [0.1, 0.15) is 0 Å². The molecule has 20 heavy (non-hydrogen) atoms. The Bertz CT molecular complexity index is 461. The van der Waals surface area contributed by atoms with Crippen molar-refractivity contribution in [2.45, 2.75) is 51.5 Å². The van der Waals surface area contributed by atoms with Crippen molar-refractivity contribution in [1.29, 1.82) is 0 Å². The van der Waals surface area contributed by atoms with E-state index >= 15 is 0 Å². The van der Waals surface area contributed by atoms with Crippen LogP contribution in [0.4, 0.5) is 0 Å². The summed E-state index contributed by atoms with van der Waals surface area (Å²) in [4.78, 5) is 12.9. The summed E-state index contributed by atoms with van der Waals surface area (Å²) < 4.78 is 6.01. The molecule has 112 valence electrons. The number of nitrogens with two attached hydrogens (primary N) is 1. The lowest BCUT2D eigenvalue weighted by Gasteiger charge is -2.30. The number of rotatable bonds is 5. The highest BCUT2D eigenvalue weighted by molar-refractivity contribution is 9.11. The fourth-order valence-corrected chi connectivity index (χ4v) is 4.76. The van der Waals surface area contributed by atoms with Gasteiger partial charge in [0.25, 0.3) is 0 Å². The van der Waals surface area contributed by atoms with Crippen LogP contribution in [0.1, 0.15) is 55.0 Å². The summed E-state index contributed by atoms with van der Waals surface area (Å²) in [6.45, 7) is 2.08. The molecule has 1 saturated carbocycles. The van der Waals surface area contributed by atoms with E-state index < -0.39 is 0 Å². The van der Waals surface area contributed by atoms with Gasteiger partial charge in [-0.05, 0) is 59.2 Å². The summed E-state index contributed by atoms with van der Waals surface area (Å²) >= 11 is 5.26. The Kier molecular flexibility index (Phi) is 5.26. The van der Waals surface area contributed by atoms with Gasteiger partial charge in [-0.2, -0.15) is 0 Å². The van der Waals surface area contributed by atoms with Gasteiger partial charge < -0.3 is 10.5 Å². The monoisotopic (exact) mass is 359 g/mol. The van der Waals surface area contributed by atoms with Gasteiger partial charge >= 0.3 is 5.97 Å². The van der Waals surface area contributed by atoms with E-state index in [0.717, 1.165) is 23.0 Å². The maximum atomic E-state index is 11.7. The zero-order valence-corrected chi connectivity index (χ0v) is 14.5. The minimum Gasteiger partial charge on any atom is -0.469 e. The predicted octanol–water partition coefficient (Wildman–Crippen LogP) is 4.33. The van der Waals surface area contributed by atoms with Crippen molar-refractivity contribution in [1.82, 2.24) is 0 Å². The van der Waals surface area contributed by atoms with Crippen LogP contribution in [0.3, 0.4) is 0 Å². The second kappa shape index (κ2) is 6.58. The molecule has 1 heterocycles. The molecule has 2 N–H and O–H groups in total. The van der Waals surface area contributed by atoms with Crippen molar-refractivity contribution in [3.05, 3.63) is 20.3 Å². The third kappa shape index (κ3) is 3.62. The summed E-state index contributed by atoms with van der Waals surface area (Å²) in [6, 6.07) is 2.16. The van der Waals surface area contributed by atoms with Crippen molar-refractivity contribution in [2.24, 2.45) is 11.1 Å². The Morgan fingerprint density at radius 3 is 2.70 bits per heavy atom. The number of aryl methyl sites for hydroxylation is 1. The van der Waals surface area contributed by atoms with E-state index in [0.29, 0.717) is 6.42 Å². The maximum Gasteiger partial charge on any atom is 0.306 e. The number of hydrogen-bond acceptors (Lipinski definition) is 4. The van der Waals surface area contributed by atoms with Crippen LogP contribution in [0.5, 0.6) is 0 Å². The smallest absolute Gasteiger partial charge is 0.306 e. The first-order chi connectivity index (χ1) is 9.46. The molecule has 0 amide bonds. The van der Waals surface area contributed by atoms with Crippen LogP contribution in [0, 0.1) is 12.3 Å². The average molecular weight is 360 g/mol. The van der Waals surface area contributed by atoms with E-state index in [9.17, 15) is 4.79 Å². The van der Waals surface area contributed by atoms with Gasteiger partial charge in [-0.25, -0.2) is 0 Å². The van der Waals surface area contributed by atoms with Crippen LogP contribution in [0.25, 0.3) is 0 Å². The van der Waals surface area contributed by atoms with Crippen molar-refractivity contribution in [3.63, 3.8) is 0 Å². The normalized spacial score (nSPS) is 19.0. The van der Waals surface area contributed by atoms with Crippen LogP contribution in [-0.2, 0) is 9.53 Å². The van der Waals surface area contributed by atoms with Gasteiger partial charge in [-0.1, -0.05) is 12.8 Å². The summed E-state index contributed by atoms with van der Waals surface area (Å²) in [7, 11) is 1.46. The molecule has 1 aliphatic carbocycles. The Morgan fingerprint density at radius 2 is 2.20 bits per heavy atom. The van der Waals surface area contributed by atoms with Crippen molar-refractivity contribution < 1.29 is 9.53 Å². The molecule has 5 heteroatoms. The highest BCUT2D eigenvalue weighted by atomic mass is 79.9. The summed E-state index contributed by atoms with van der Waals surface area (Å²) in [5.41, 5.74) is 7.67. The number of ether oxygens (including phenoxy) is 1. The van der Waals surface area contributed by atoms with Gasteiger partial charge in [0.2, 0.25) is 0 Å². The highest BCUT2D eigenvalue weighted by Gasteiger charge is 2.38. The van der Waals surface area contributed by atoms with E-state index in [1.807, 2.05) is 0 Å². The van der Waals surface area contributed by atoms with Crippen LogP contribution in [0.15, 0.2) is 9.85 Å². The van der Waals surface area contributed by atoms with Crippen LogP contribution in [-0.4, -0.2) is 13.1 Å². The lowest BCUT2D eigenvalue weighted by atomic mass is 9.77. The predicted molar refractivity (Wildman–Crippen MR) is 85.8 cm³/mol. The second-order valence-corrected chi connectivity index (χ2v) is 8.28. The van der Waals surface area contributed by atoms with E-state index in [1.165, 1.54) is 30.4 Å². The molecule has 1 aromatic rings. The molecule has 0 saturated heterocycles. The molecule has 3 nitrogen and oxygen atoms in total. The quantitative estimate of drug-likeness (QED) is 0.795. The van der Waals surface area contributed by atoms with Gasteiger partial charge in [0, 0.05) is 10.9 Å². The van der Waals surface area contributed by atoms with Crippen molar-refractivity contribution in [2.75, 3.05) is 7.11 Å². The molecule has 0 bridgehead atoms. The third-order valence-corrected chi connectivity index (χ3v) is 6.57. The lowest BCUT2D eigenvalue weighted by Crippen LogP contribution is -2.27. The largest absolute Gasteiger partial charge is 0.469 e. The van der Waals surface area contributed by atoms with Gasteiger partial charge in [-0.3, -0.25) is 4.79 Å². The molecule has 1 unspecified atom stereocenters. The number of halogens is 1. The first kappa shape index (κ1) is 16.0. The Balaban J connectivity index is 2.09. The molecule has 1 atom stereocenters. The van der Waals surface area contributed by atoms with Gasteiger partial charge in [0.05, 0.1) is 17.3 Å². The molecule has 1 aromatic heterocycles. The minimum absolute atomic E-state index is 0.00718. The molecule has 0 radical (unpaired) electrons. The molecule has 0 aliphatic heterocycles. The molecule has 0 spiro atoms. The fraction of sp³-hybridized carbons (Fsp3) is 0.667. The Morgan fingerprint density at radius 1 is 1.55 bits per heavy atom. The van der Waals surface area contributed by atoms with E-state index in [1.54, 1.807) is 11.3 Å². The topological polar surface area (TPSA) is 52.3 Å². The highest BCUT2D eigenvalue weighted by Crippen LogP contribution is 2.47. The van der Waals surface area contributed by atoms with Gasteiger partial charge in [-0.15, -0.1) is 11.3 Å². The standard InChI is InChI=1S/C15H22BrNO2S/c1-10-7-12(20-14(10)16)11(17)8-15(5-3-4-6-15)9-13(18)19-2/h7,11H,3-6,8-9,17H2,1-2H3. The lowest BCUT2D eigenvalue weighted by molar-refractivity contribution is -0.143. The first-order valence-electron chi connectivity index (χ1n) is 7.04. The average Bonchev–Trinajstić information content (AvgIpc) is 2.98. The molecule has 0 aromatic carbocycles. The molecule has 1 aliphatic rings. The number of esters is 1. The number of thiophene rings is 1. The number of methoxy groups -OCH3 is 1. The fourth-order valence-electron chi connectivity index (χ4n) is 3.19. The van der Waals surface area contributed by atoms with Crippen molar-refractivity contribution >= 4 is 33.2 Å². The number of carbonyl (C=O) groups excluding carboxylic acids is 1. The minimum atomic E-state index is -0.109. The van der Waals surface area contributed by atoms with Crippen LogP contribution < -0.4 is 5.73 Å². The summed E-state index contributed by atoms with van der Waals surface area (Å²) in [6.07, 6.45) is 5.92. The Labute approximate surface area is 133 Å². The zero-order chi connectivity index (χ0) is 14.8. The van der Waals surface area contributed by atoms with Crippen LogP contribution >= 0.6 is 27.3 Å². The number of carbonyl (C=O) groups is 1. The first-order valence-corrected chi connectivity index (χ1v) is 8.65. The maximum absolute atomic E-state index is 11.7. The zero-order valence-electron chi connectivity index (χ0n) is 12.1.